The number of hydrogen-bond acceptors (Lipinski definition) is 8. The molecule has 0 radical (unpaired) electrons. The molecule has 3 atom stereocenters. The van der Waals surface area contributed by atoms with Gasteiger partial charge in [0.25, 0.3) is 0 Å². The number of halogens is 1. The van der Waals surface area contributed by atoms with Gasteiger partial charge in [0.05, 0.1) is 22.4 Å². The quantitative estimate of drug-likeness (QED) is 0.496. The number of carbonyl (C=O) groups is 1. The number of rotatable bonds is 7. The van der Waals surface area contributed by atoms with Gasteiger partial charge >= 0.3 is 0 Å². The third-order valence-corrected chi connectivity index (χ3v) is 8.60. The molecule has 3 aromatic rings. The van der Waals surface area contributed by atoms with Crippen LogP contribution in [-0.2, 0) is 16.1 Å². The molecule has 2 aromatic heterocycles. The fourth-order valence-electron chi connectivity index (χ4n) is 5.40. The van der Waals surface area contributed by atoms with Crippen molar-refractivity contribution in [1.29, 1.82) is 0 Å². The number of anilines is 1. The smallest absolute Gasteiger partial charge is 0.229 e. The second-order valence-corrected chi connectivity index (χ2v) is 11.2. The second kappa shape index (κ2) is 10.1. The highest BCUT2D eigenvalue weighted by molar-refractivity contribution is 7.22. The predicted octanol–water partition coefficient (Wildman–Crippen LogP) is 3.94. The molecule has 36 heavy (non-hydrogen) atoms. The number of aliphatic hydroxyl groups is 1. The molecular formula is C26H30FN5O3S. The van der Waals surface area contributed by atoms with Crippen LogP contribution in [0.4, 0.5) is 9.52 Å². The molecule has 0 unspecified atom stereocenters. The van der Waals surface area contributed by atoms with Gasteiger partial charge in [-0.05, 0) is 56.2 Å². The number of benzene rings is 1. The fourth-order valence-corrected chi connectivity index (χ4v) is 6.31. The van der Waals surface area contributed by atoms with Gasteiger partial charge in [0.2, 0.25) is 5.91 Å². The molecule has 1 saturated heterocycles. The largest absolute Gasteiger partial charge is 0.390 e. The molecule has 10 heteroatoms. The highest BCUT2D eigenvalue weighted by Crippen LogP contribution is 2.36. The molecule has 1 amide bonds. The zero-order valence-corrected chi connectivity index (χ0v) is 20.8. The van der Waals surface area contributed by atoms with Crippen molar-refractivity contribution in [3.63, 3.8) is 0 Å². The van der Waals surface area contributed by atoms with E-state index in [4.69, 9.17) is 4.74 Å². The Labute approximate surface area is 212 Å². The van der Waals surface area contributed by atoms with E-state index in [0.29, 0.717) is 30.0 Å². The molecule has 0 bridgehead atoms. The van der Waals surface area contributed by atoms with Gasteiger partial charge < -0.3 is 15.2 Å². The highest BCUT2D eigenvalue weighted by atomic mass is 32.1. The normalized spacial score (nSPS) is 28.4. The molecule has 190 valence electrons. The van der Waals surface area contributed by atoms with Crippen LogP contribution in [0.15, 0.2) is 30.6 Å². The average Bonchev–Trinajstić information content (AvgIpc) is 3.56. The standard InChI is InChI=1S/C26H30FN5O3S/c27-18-6-7-32(13-18)19-8-16(9-19)25(34)31-26-30-20-5-4-15(10-23(20)36-26)17-11-28-24(29-12-17)14-35-22-3-1-2-21(22)33/h4-5,10-12,16,18-19,21-22,33H,1-3,6-9,13-14H2,(H,30,31,34)/t16?,18-,19?,21-,22-/m0/s1. The van der Waals surface area contributed by atoms with E-state index >= 15 is 0 Å². The van der Waals surface area contributed by atoms with Crippen LogP contribution >= 0.6 is 11.3 Å². The third-order valence-electron chi connectivity index (χ3n) is 7.66. The van der Waals surface area contributed by atoms with Crippen LogP contribution in [0.5, 0.6) is 0 Å². The molecule has 0 spiro atoms. The Hall–Kier alpha value is -2.53. The minimum atomic E-state index is -0.722. The molecule has 3 aliphatic rings. The lowest BCUT2D eigenvalue weighted by atomic mass is 9.79. The summed E-state index contributed by atoms with van der Waals surface area (Å²) in [5.41, 5.74) is 2.69. The number of amides is 1. The van der Waals surface area contributed by atoms with Crippen molar-refractivity contribution in [2.45, 2.75) is 69.6 Å². The van der Waals surface area contributed by atoms with Crippen molar-refractivity contribution in [2.24, 2.45) is 5.92 Å². The van der Waals surface area contributed by atoms with Gasteiger partial charge in [-0.15, -0.1) is 0 Å². The van der Waals surface area contributed by atoms with E-state index in [1.54, 1.807) is 12.4 Å². The van der Waals surface area contributed by atoms with Gasteiger partial charge in [0.15, 0.2) is 11.0 Å². The lowest BCUT2D eigenvalue weighted by Gasteiger charge is -2.40. The summed E-state index contributed by atoms with van der Waals surface area (Å²) in [5.74, 6) is 0.555. The van der Waals surface area contributed by atoms with Crippen molar-refractivity contribution in [2.75, 3.05) is 18.4 Å². The second-order valence-electron chi connectivity index (χ2n) is 10.1. The summed E-state index contributed by atoms with van der Waals surface area (Å²) >= 11 is 1.45. The number of fused-ring (bicyclic) bond motifs is 1. The van der Waals surface area contributed by atoms with Crippen molar-refractivity contribution < 1.29 is 19.0 Å². The monoisotopic (exact) mass is 511 g/mol. The summed E-state index contributed by atoms with van der Waals surface area (Å²) < 4.78 is 20.2. The van der Waals surface area contributed by atoms with E-state index in [9.17, 15) is 14.3 Å². The minimum absolute atomic E-state index is 0.00199. The molecule has 2 aliphatic carbocycles. The van der Waals surface area contributed by atoms with Crippen LogP contribution in [0.1, 0.15) is 44.3 Å². The lowest BCUT2D eigenvalue weighted by Crippen LogP contribution is -2.47. The SMILES string of the molecule is O=C(Nc1nc2ccc(-c3cnc(CO[C@H]4CCC[C@@H]4O)nc3)cc2s1)C1CC(N2CC[C@H](F)C2)C1. The van der Waals surface area contributed by atoms with Crippen LogP contribution < -0.4 is 5.32 Å². The summed E-state index contributed by atoms with van der Waals surface area (Å²) in [6, 6.07) is 6.28. The van der Waals surface area contributed by atoms with Gasteiger partial charge in [-0.25, -0.2) is 19.3 Å². The van der Waals surface area contributed by atoms with Gasteiger partial charge in [-0.3, -0.25) is 9.69 Å². The first kappa shape index (κ1) is 23.8. The zero-order valence-electron chi connectivity index (χ0n) is 20.0. The number of aliphatic hydroxyl groups excluding tert-OH is 1. The van der Waals surface area contributed by atoms with Crippen LogP contribution in [0, 0.1) is 5.92 Å². The van der Waals surface area contributed by atoms with E-state index in [0.717, 1.165) is 60.0 Å². The number of alkyl halides is 1. The topological polar surface area (TPSA) is 100 Å². The maximum absolute atomic E-state index is 13.4. The number of hydrogen-bond donors (Lipinski definition) is 2. The average molecular weight is 512 g/mol. The molecule has 8 nitrogen and oxygen atoms in total. The van der Waals surface area contributed by atoms with Crippen LogP contribution in [0.2, 0.25) is 0 Å². The van der Waals surface area contributed by atoms with Crippen LogP contribution in [0.3, 0.4) is 0 Å². The molecule has 6 rings (SSSR count). The van der Waals surface area contributed by atoms with Gasteiger partial charge in [0.1, 0.15) is 12.8 Å². The lowest BCUT2D eigenvalue weighted by molar-refractivity contribution is -0.124. The molecule has 2 saturated carbocycles. The summed E-state index contributed by atoms with van der Waals surface area (Å²) in [6.45, 7) is 1.59. The van der Waals surface area contributed by atoms with Gasteiger partial charge in [-0.2, -0.15) is 0 Å². The molecule has 1 aromatic carbocycles. The Kier molecular flexibility index (Phi) is 6.68. The minimum Gasteiger partial charge on any atom is -0.390 e. The first-order valence-electron chi connectivity index (χ1n) is 12.7. The summed E-state index contributed by atoms with van der Waals surface area (Å²) in [5, 5.41) is 13.5. The van der Waals surface area contributed by atoms with Crippen molar-refractivity contribution in [1.82, 2.24) is 19.9 Å². The maximum atomic E-state index is 13.4. The van der Waals surface area contributed by atoms with Crippen molar-refractivity contribution in [3.05, 3.63) is 36.4 Å². The molecule has 1 aliphatic heterocycles. The number of carbonyl (C=O) groups excluding carboxylic acids is 1. The number of nitrogens with one attached hydrogen (secondary N) is 1. The van der Waals surface area contributed by atoms with Crippen LogP contribution in [-0.4, -0.2) is 68.4 Å². The Balaban J connectivity index is 1.05. The number of likely N-dealkylation sites (tertiary alicyclic amines) is 1. The number of thiazole rings is 1. The molecule has 3 fully saturated rings. The van der Waals surface area contributed by atoms with Gasteiger partial charge in [-0.1, -0.05) is 17.4 Å². The Morgan fingerprint density at radius 3 is 2.75 bits per heavy atom. The third kappa shape index (κ3) is 5.00. The summed E-state index contributed by atoms with van der Waals surface area (Å²) in [4.78, 5) is 28.3. The van der Waals surface area contributed by atoms with Crippen molar-refractivity contribution >= 4 is 32.6 Å². The highest BCUT2D eigenvalue weighted by Gasteiger charge is 2.40. The molecule has 2 N–H and O–H groups in total. The Bertz CT molecular complexity index is 1230. The predicted molar refractivity (Wildman–Crippen MR) is 135 cm³/mol. The number of nitrogens with zero attached hydrogens (tertiary/aromatic N) is 4. The summed E-state index contributed by atoms with van der Waals surface area (Å²) in [7, 11) is 0. The van der Waals surface area contributed by atoms with E-state index in [2.05, 4.69) is 25.2 Å². The van der Waals surface area contributed by atoms with Crippen LogP contribution in [0.25, 0.3) is 21.3 Å². The van der Waals surface area contributed by atoms with E-state index in [1.807, 2.05) is 18.2 Å². The Morgan fingerprint density at radius 2 is 2.03 bits per heavy atom. The van der Waals surface area contributed by atoms with Crippen molar-refractivity contribution in [3.8, 4) is 11.1 Å². The van der Waals surface area contributed by atoms with E-state index in [1.165, 1.54) is 11.3 Å². The maximum Gasteiger partial charge on any atom is 0.229 e. The van der Waals surface area contributed by atoms with E-state index in [-0.39, 0.29) is 24.5 Å². The summed E-state index contributed by atoms with van der Waals surface area (Å²) in [6.07, 6.45) is 7.14. The molecule has 3 heterocycles. The number of aromatic nitrogens is 3. The number of ether oxygens (including phenoxy) is 1. The zero-order chi connectivity index (χ0) is 24.6. The van der Waals surface area contributed by atoms with E-state index < -0.39 is 12.3 Å². The Morgan fingerprint density at radius 1 is 1.19 bits per heavy atom. The van der Waals surface area contributed by atoms with Gasteiger partial charge in [0, 0.05) is 43.0 Å². The first-order valence-corrected chi connectivity index (χ1v) is 13.5. The molecular weight excluding hydrogens is 481 g/mol. The fraction of sp³-hybridized carbons (Fsp3) is 0.538. The first-order chi connectivity index (χ1) is 17.5.